The highest BCUT2D eigenvalue weighted by atomic mass is 16.4. The minimum atomic E-state index is -0.833. The van der Waals surface area contributed by atoms with Gasteiger partial charge in [0.15, 0.2) is 5.96 Å². The average Bonchev–Trinajstić information content (AvgIpc) is 1.87. The molecule has 0 aliphatic heterocycles. The molecule has 0 aromatic heterocycles. The lowest BCUT2D eigenvalue weighted by Gasteiger charge is -2.12. The second kappa shape index (κ2) is 10.7. The number of carbonyl (C=O) groups is 1. The fourth-order valence-corrected chi connectivity index (χ4v) is 0.535. The highest BCUT2D eigenvalue weighted by molar-refractivity contribution is 5.78. The summed E-state index contributed by atoms with van der Waals surface area (Å²) < 4.78 is 0. The van der Waals surface area contributed by atoms with Crippen LogP contribution in [0, 0.1) is 0 Å². The van der Waals surface area contributed by atoms with Gasteiger partial charge in [0.05, 0.1) is 0 Å². The largest absolute Gasteiger partial charge is 0.481 e. The molecule has 5 N–H and O–H groups in total. The zero-order valence-electron chi connectivity index (χ0n) is 8.96. The number of nitrogens with zero attached hydrogens (tertiary/aromatic N) is 2. The van der Waals surface area contributed by atoms with Gasteiger partial charge in [0.1, 0.15) is 0 Å². The van der Waals surface area contributed by atoms with Crippen LogP contribution in [0.2, 0.25) is 0 Å². The van der Waals surface area contributed by atoms with Gasteiger partial charge in [-0.05, 0) is 0 Å². The van der Waals surface area contributed by atoms with Crippen LogP contribution in [0.3, 0.4) is 0 Å². The summed E-state index contributed by atoms with van der Waals surface area (Å²) in [6.45, 7) is 1.08. The molecule has 13 heavy (non-hydrogen) atoms. The van der Waals surface area contributed by atoms with Crippen LogP contribution in [0.4, 0.5) is 0 Å². The van der Waals surface area contributed by atoms with Gasteiger partial charge in [-0.1, -0.05) is 0 Å². The van der Waals surface area contributed by atoms with Crippen LogP contribution < -0.4 is 11.5 Å². The Hall–Kier alpha value is -1.30. The Morgan fingerprint density at radius 3 is 1.77 bits per heavy atom. The van der Waals surface area contributed by atoms with E-state index in [0.717, 1.165) is 12.9 Å². The van der Waals surface area contributed by atoms with Crippen molar-refractivity contribution >= 4 is 11.9 Å². The van der Waals surface area contributed by atoms with E-state index >= 15 is 0 Å². The van der Waals surface area contributed by atoms with E-state index in [1.807, 2.05) is 26.0 Å². The lowest BCUT2D eigenvalue weighted by atomic mass is 10.8. The predicted octanol–water partition coefficient (Wildman–Crippen LogP) is 0.00610. The standard InChI is InChI=1S/C5H13N3.C2H4O2.H3N/c1-6-5(7-2)8(3)4;1-2(3)4;/h1-4H3,(H,6,7);1H3,(H,3,4);1H3. The summed E-state index contributed by atoms with van der Waals surface area (Å²) in [5, 5.41) is 10.3. The Morgan fingerprint density at radius 2 is 1.77 bits per heavy atom. The van der Waals surface area contributed by atoms with Gasteiger partial charge in [-0.3, -0.25) is 9.79 Å². The van der Waals surface area contributed by atoms with Crippen molar-refractivity contribution in [1.29, 1.82) is 0 Å². The van der Waals surface area contributed by atoms with Crippen LogP contribution in [-0.4, -0.2) is 50.1 Å². The van der Waals surface area contributed by atoms with E-state index in [4.69, 9.17) is 9.90 Å². The lowest BCUT2D eigenvalue weighted by Crippen LogP contribution is -2.33. The Kier molecular flexibility index (Phi) is 14.6. The summed E-state index contributed by atoms with van der Waals surface area (Å²) in [5.74, 6) is 0.0602. The number of carboxylic acid groups (broad SMARTS) is 1. The molecule has 0 radical (unpaired) electrons. The number of hydrogen-bond donors (Lipinski definition) is 3. The second-order valence-corrected chi connectivity index (χ2v) is 2.21. The van der Waals surface area contributed by atoms with Gasteiger partial charge in [0.2, 0.25) is 0 Å². The summed E-state index contributed by atoms with van der Waals surface area (Å²) >= 11 is 0. The van der Waals surface area contributed by atoms with Gasteiger partial charge in [-0.25, -0.2) is 0 Å². The van der Waals surface area contributed by atoms with Crippen LogP contribution in [0.25, 0.3) is 0 Å². The van der Waals surface area contributed by atoms with E-state index in [-0.39, 0.29) is 6.15 Å². The number of guanidine groups is 1. The van der Waals surface area contributed by atoms with E-state index in [1.165, 1.54) is 0 Å². The summed E-state index contributed by atoms with van der Waals surface area (Å²) in [6, 6.07) is 0. The van der Waals surface area contributed by atoms with Crippen molar-refractivity contribution in [2.24, 2.45) is 4.99 Å². The first-order chi connectivity index (χ1) is 5.45. The first-order valence-corrected chi connectivity index (χ1v) is 3.47. The third-order valence-electron chi connectivity index (χ3n) is 0.859. The Bertz CT molecular complexity index is 153. The quantitative estimate of drug-likeness (QED) is 0.370. The molecule has 0 atom stereocenters. The molecule has 0 saturated heterocycles. The normalized spacial score (nSPS) is 8.85. The monoisotopic (exact) mass is 192 g/mol. The first kappa shape index (κ1) is 17.7. The third kappa shape index (κ3) is 18.0. The van der Waals surface area contributed by atoms with E-state index < -0.39 is 5.97 Å². The molecule has 0 fully saturated rings. The maximum Gasteiger partial charge on any atom is 0.300 e. The highest BCUT2D eigenvalue weighted by Gasteiger charge is 1.91. The number of carboxylic acids is 1. The summed E-state index contributed by atoms with van der Waals surface area (Å²) in [7, 11) is 7.49. The molecule has 0 unspecified atom stereocenters. The van der Waals surface area contributed by atoms with Crippen molar-refractivity contribution in [2.75, 3.05) is 28.2 Å². The van der Waals surface area contributed by atoms with E-state index in [1.54, 1.807) is 7.05 Å². The summed E-state index contributed by atoms with van der Waals surface area (Å²) in [4.78, 5) is 14.9. The lowest BCUT2D eigenvalue weighted by molar-refractivity contribution is -0.134. The summed E-state index contributed by atoms with van der Waals surface area (Å²) in [5.41, 5.74) is 0. The fourth-order valence-electron chi connectivity index (χ4n) is 0.535. The van der Waals surface area contributed by atoms with Crippen LogP contribution >= 0.6 is 0 Å². The highest BCUT2D eigenvalue weighted by Crippen LogP contribution is 1.73. The van der Waals surface area contributed by atoms with Crippen molar-refractivity contribution in [2.45, 2.75) is 6.92 Å². The smallest absolute Gasteiger partial charge is 0.300 e. The Morgan fingerprint density at radius 1 is 1.46 bits per heavy atom. The van der Waals surface area contributed by atoms with Gasteiger partial charge in [-0.15, -0.1) is 0 Å². The Labute approximate surface area is 79.2 Å². The minimum Gasteiger partial charge on any atom is -0.481 e. The van der Waals surface area contributed by atoms with Crippen molar-refractivity contribution in [3.8, 4) is 0 Å². The molecule has 6 heteroatoms. The molecule has 0 spiro atoms. The van der Waals surface area contributed by atoms with E-state index in [2.05, 4.69) is 10.3 Å². The van der Waals surface area contributed by atoms with Crippen molar-refractivity contribution in [1.82, 2.24) is 16.4 Å². The molecular weight excluding hydrogens is 172 g/mol. The topological polar surface area (TPSA) is 99.9 Å². The fraction of sp³-hybridized carbons (Fsp3) is 0.714. The zero-order chi connectivity index (χ0) is 10.1. The molecule has 0 rings (SSSR count). The minimum absolute atomic E-state index is 0. The number of rotatable bonds is 0. The zero-order valence-corrected chi connectivity index (χ0v) is 8.96. The maximum atomic E-state index is 9.00. The van der Waals surface area contributed by atoms with Crippen molar-refractivity contribution < 1.29 is 9.90 Å². The molecule has 0 bridgehead atoms. The molecule has 6 nitrogen and oxygen atoms in total. The molecule has 0 heterocycles. The number of nitrogens with one attached hydrogen (secondary N) is 1. The van der Waals surface area contributed by atoms with Gasteiger partial charge < -0.3 is 21.5 Å². The SMILES string of the molecule is CC(=O)O.CN=C(NC)N(C)C.N. The van der Waals surface area contributed by atoms with Crippen molar-refractivity contribution in [3.05, 3.63) is 0 Å². The summed E-state index contributed by atoms with van der Waals surface area (Å²) in [6.07, 6.45) is 0. The third-order valence-corrected chi connectivity index (χ3v) is 0.859. The molecule has 0 amide bonds. The van der Waals surface area contributed by atoms with Crippen LogP contribution in [0.15, 0.2) is 4.99 Å². The average molecular weight is 192 g/mol. The van der Waals surface area contributed by atoms with Gasteiger partial charge in [0.25, 0.3) is 5.97 Å². The molecule has 0 aromatic rings. The van der Waals surface area contributed by atoms with Gasteiger partial charge in [0, 0.05) is 35.1 Å². The molecular formula is C7H20N4O2. The molecule has 0 saturated carbocycles. The maximum absolute atomic E-state index is 9.00. The van der Waals surface area contributed by atoms with E-state index in [0.29, 0.717) is 0 Å². The predicted molar refractivity (Wildman–Crippen MR) is 54.4 cm³/mol. The Balaban J connectivity index is -0.000000173. The van der Waals surface area contributed by atoms with Crippen LogP contribution in [0.1, 0.15) is 6.92 Å². The van der Waals surface area contributed by atoms with Crippen LogP contribution in [0.5, 0.6) is 0 Å². The van der Waals surface area contributed by atoms with Gasteiger partial charge in [-0.2, -0.15) is 0 Å². The number of hydrogen-bond acceptors (Lipinski definition) is 3. The molecule has 0 aliphatic carbocycles. The molecule has 0 aromatic carbocycles. The van der Waals surface area contributed by atoms with E-state index in [9.17, 15) is 0 Å². The number of aliphatic carboxylic acids is 1. The first-order valence-electron chi connectivity index (χ1n) is 3.47. The molecule has 80 valence electrons. The van der Waals surface area contributed by atoms with Crippen molar-refractivity contribution in [3.63, 3.8) is 0 Å². The van der Waals surface area contributed by atoms with Gasteiger partial charge >= 0.3 is 0 Å². The second-order valence-electron chi connectivity index (χ2n) is 2.21. The van der Waals surface area contributed by atoms with Crippen LogP contribution in [-0.2, 0) is 4.79 Å². The molecule has 0 aliphatic rings. The number of aliphatic imine (C=N–C) groups is 1.